The van der Waals surface area contributed by atoms with Crippen LogP contribution in [0.1, 0.15) is 30.3 Å². The van der Waals surface area contributed by atoms with Crippen LogP contribution in [0.4, 0.5) is 0 Å². The molecule has 3 rings (SSSR count). The van der Waals surface area contributed by atoms with Crippen LogP contribution in [0.5, 0.6) is 11.5 Å². The number of hydrogen-bond acceptors (Lipinski definition) is 5. The van der Waals surface area contributed by atoms with Crippen molar-refractivity contribution in [1.82, 2.24) is 4.98 Å². The van der Waals surface area contributed by atoms with E-state index >= 15 is 0 Å². The number of fused-ring (bicyclic) bond motifs is 1. The predicted molar refractivity (Wildman–Crippen MR) is 107 cm³/mol. The normalized spacial score (nSPS) is 11.3. The summed E-state index contributed by atoms with van der Waals surface area (Å²) >= 11 is 1.52. The van der Waals surface area contributed by atoms with E-state index < -0.39 is 0 Å². The lowest BCUT2D eigenvalue weighted by Gasteiger charge is -2.11. The smallest absolute Gasteiger partial charge is 0.161 e. The van der Waals surface area contributed by atoms with Gasteiger partial charge in [0.25, 0.3) is 0 Å². The van der Waals surface area contributed by atoms with Gasteiger partial charge in [0.1, 0.15) is 11.1 Å². The quantitative estimate of drug-likeness (QED) is 0.407. The Kier molecular flexibility index (Phi) is 5.88. The molecule has 5 heteroatoms. The van der Waals surface area contributed by atoms with Gasteiger partial charge in [0.2, 0.25) is 0 Å². The zero-order valence-electron chi connectivity index (χ0n) is 14.9. The summed E-state index contributed by atoms with van der Waals surface area (Å²) in [5.41, 5.74) is 2.33. The molecule has 0 radical (unpaired) electrons. The summed E-state index contributed by atoms with van der Waals surface area (Å²) in [6.07, 6.45) is 3.89. The van der Waals surface area contributed by atoms with E-state index in [4.69, 9.17) is 9.47 Å². The molecule has 2 aromatic carbocycles. The van der Waals surface area contributed by atoms with Crippen LogP contribution >= 0.6 is 11.3 Å². The number of nitrogens with zero attached hydrogens (tertiary/aromatic N) is 2. The zero-order valence-corrected chi connectivity index (χ0v) is 15.7. The van der Waals surface area contributed by atoms with Gasteiger partial charge in [-0.15, -0.1) is 11.3 Å². The highest BCUT2D eigenvalue weighted by Crippen LogP contribution is 2.31. The molecule has 4 nitrogen and oxygen atoms in total. The highest BCUT2D eigenvalue weighted by atomic mass is 32.1. The van der Waals surface area contributed by atoms with Crippen LogP contribution in [0.15, 0.2) is 42.5 Å². The Morgan fingerprint density at radius 2 is 2.08 bits per heavy atom. The maximum atomic E-state index is 9.60. The number of rotatable bonds is 7. The lowest BCUT2D eigenvalue weighted by molar-refractivity contribution is 0.288. The molecule has 26 heavy (non-hydrogen) atoms. The van der Waals surface area contributed by atoms with Crippen molar-refractivity contribution in [3.8, 4) is 17.6 Å². The Morgan fingerprint density at radius 3 is 2.81 bits per heavy atom. The van der Waals surface area contributed by atoms with Crippen molar-refractivity contribution in [3.63, 3.8) is 0 Å². The molecule has 0 saturated heterocycles. The first-order valence-electron chi connectivity index (χ1n) is 8.53. The first-order valence-corrected chi connectivity index (χ1v) is 9.35. The van der Waals surface area contributed by atoms with Crippen LogP contribution in [0.25, 0.3) is 21.9 Å². The third kappa shape index (κ3) is 4.04. The van der Waals surface area contributed by atoms with Gasteiger partial charge in [-0.3, -0.25) is 0 Å². The van der Waals surface area contributed by atoms with Gasteiger partial charge >= 0.3 is 0 Å². The van der Waals surface area contributed by atoms with Crippen LogP contribution in [0, 0.1) is 11.3 Å². The second kappa shape index (κ2) is 8.50. The van der Waals surface area contributed by atoms with Crippen LogP contribution in [-0.4, -0.2) is 18.7 Å². The van der Waals surface area contributed by atoms with E-state index in [9.17, 15) is 5.26 Å². The van der Waals surface area contributed by atoms with E-state index in [1.807, 2.05) is 48.5 Å². The molecular formula is C21H20N2O2S. The number of benzene rings is 2. The Morgan fingerprint density at radius 1 is 1.23 bits per heavy atom. The lowest BCUT2D eigenvalue weighted by Crippen LogP contribution is -1.99. The minimum absolute atomic E-state index is 0.538. The van der Waals surface area contributed by atoms with E-state index in [-0.39, 0.29) is 0 Å². The second-order valence-electron chi connectivity index (χ2n) is 5.77. The maximum Gasteiger partial charge on any atom is 0.161 e. The number of hydrogen-bond donors (Lipinski definition) is 0. The van der Waals surface area contributed by atoms with Gasteiger partial charge in [0, 0.05) is 0 Å². The minimum Gasteiger partial charge on any atom is -0.493 e. The van der Waals surface area contributed by atoms with Crippen LogP contribution in [-0.2, 0) is 0 Å². The fraction of sp³-hybridized carbons (Fsp3) is 0.238. The highest BCUT2D eigenvalue weighted by molar-refractivity contribution is 7.19. The van der Waals surface area contributed by atoms with Gasteiger partial charge in [-0.1, -0.05) is 31.5 Å². The third-order valence-corrected chi connectivity index (χ3v) is 4.97. The fourth-order valence-electron chi connectivity index (χ4n) is 2.52. The number of ether oxygens (including phenoxy) is 2. The third-order valence-electron chi connectivity index (χ3n) is 3.90. The highest BCUT2D eigenvalue weighted by Gasteiger charge is 2.10. The Bertz CT molecular complexity index is 937. The van der Waals surface area contributed by atoms with Gasteiger partial charge in [-0.2, -0.15) is 5.26 Å². The Balaban J connectivity index is 1.93. The standard InChI is InChI=1S/C21H20N2O2S/c1-3-4-11-25-19-13-15(9-10-18(19)24-2)12-16(14-22)21-23-17-7-5-6-8-20(17)26-21/h5-10,12-13H,3-4,11H2,1-2H3/b16-12+. The van der Waals surface area contributed by atoms with E-state index in [0.29, 0.717) is 23.7 Å². The van der Waals surface area contributed by atoms with Crippen molar-refractivity contribution < 1.29 is 9.47 Å². The van der Waals surface area contributed by atoms with Gasteiger partial charge in [-0.25, -0.2) is 4.98 Å². The number of thiazole rings is 1. The number of nitriles is 1. The van der Waals surface area contributed by atoms with Gasteiger partial charge < -0.3 is 9.47 Å². The van der Waals surface area contributed by atoms with Crippen molar-refractivity contribution in [2.24, 2.45) is 0 Å². The molecule has 0 spiro atoms. The molecule has 1 heterocycles. The van der Waals surface area contributed by atoms with Crippen molar-refractivity contribution in [3.05, 3.63) is 53.0 Å². The molecule has 0 aliphatic rings. The number of unbranched alkanes of at least 4 members (excludes halogenated alkanes) is 1. The Labute approximate surface area is 157 Å². The minimum atomic E-state index is 0.538. The summed E-state index contributed by atoms with van der Waals surface area (Å²) in [7, 11) is 1.62. The molecule has 0 bridgehead atoms. The maximum absolute atomic E-state index is 9.60. The molecule has 0 N–H and O–H groups in total. The van der Waals surface area contributed by atoms with Crippen molar-refractivity contribution in [2.45, 2.75) is 19.8 Å². The van der Waals surface area contributed by atoms with Crippen LogP contribution < -0.4 is 9.47 Å². The van der Waals surface area contributed by atoms with Gasteiger partial charge in [-0.05, 0) is 42.3 Å². The molecule has 0 unspecified atom stereocenters. The molecular weight excluding hydrogens is 344 g/mol. The van der Waals surface area contributed by atoms with E-state index in [1.54, 1.807) is 7.11 Å². The second-order valence-corrected chi connectivity index (χ2v) is 6.80. The summed E-state index contributed by atoms with van der Waals surface area (Å²) in [6, 6.07) is 15.8. The molecule has 132 valence electrons. The molecule has 0 aliphatic heterocycles. The summed E-state index contributed by atoms with van der Waals surface area (Å²) in [5, 5.41) is 10.3. The summed E-state index contributed by atoms with van der Waals surface area (Å²) in [5.74, 6) is 1.38. The largest absolute Gasteiger partial charge is 0.493 e. The molecule has 0 atom stereocenters. The average Bonchev–Trinajstić information content (AvgIpc) is 3.10. The number of allylic oxidation sites excluding steroid dienone is 1. The monoisotopic (exact) mass is 364 g/mol. The summed E-state index contributed by atoms with van der Waals surface area (Å²) < 4.78 is 12.3. The number of methoxy groups -OCH3 is 1. The zero-order chi connectivity index (χ0) is 18.4. The Hall–Kier alpha value is -2.84. The summed E-state index contributed by atoms with van der Waals surface area (Å²) in [6.45, 7) is 2.76. The fourth-order valence-corrected chi connectivity index (χ4v) is 3.45. The molecule has 3 aromatic rings. The van der Waals surface area contributed by atoms with Crippen molar-refractivity contribution in [1.29, 1.82) is 5.26 Å². The van der Waals surface area contributed by atoms with Crippen LogP contribution in [0.3, 0.4) is 0 Å². The SMILES string of the molecule is CCCCOc1cc(/C=C(\C#N)c2nc3ccccc3s2)ccc1OC. The topological polar surface area (TPSA) is 55.1 Å². The van der Waals surface area contributed by atoms with Crippen molar-refractivity contribution in [2.75, 3.05) is 13.7 Å². The molecule has 0 aliphatic carbocycles. The lowest BCUT2D eigenvalue weighted by atomic mass is 10.1. The van der Waals surface area contributed by atoms with Gasteiger partial charge in [0.15, 0.2) is 11.5 Å². The molecule has 0 fully saturated rings. The van der Waals surface area contributed by atoms with E-state index in [2.05, 4.69) is 18.0 Å². The first-order chi connectivity index (χ1) is 12.7. The average molecular weight is 364 g/mol. The van der Waals surface area contributed by atoms with Crippen molar-refractivity contribution >= 4 is 33.2 Å². The molecule has 1 aromatic heterocycles. The molecule has 0 saturated carbocycles. The summed E-state index contributed by atoms with van der Waals surface area (Å²) in [4.78, 5) is 4.57. The predicted octanol–water partition coefficient (Wildman–Crippen LogP) is 5.55. The number of aromatic nitrogens is 1. The van der Waals surface area contributed by atoms with E-state index in [1.165, 1.54) is 11.3 Å². The van der Waals surface area contributed by atoms with Gasteiger partial charge in [0.05, 0.1) is 29.5 Å². The number of para-hydroxylation sites is 1. The van der Waals surface area contributed by atoms with E-state index in [0.717, 1.165) is 33.6 Å². The first kappa shape index (κ1) is 18.0. The van der Waals surface area contributed by atoms with Crippen LogP contribution in [0.2, 0.25) is 0 Å². The molecule has 0 amide bonds.